The first-order valence-electron chi connectivity index (χ1n) is 19.5. The van der Waals surface area contributed by atoms with Gasteiger partial charge in [0.1, 0.15) is 0 Å². The van der Waals surface area contributed by atoms with E-state index in [2.05, 4.69) is 184 Å². The van der Waals surface area contributed by atoms with E-state index in [1.54, 1.807) is 0 Å². The summed E-state index contributed by atoms with van der Waals surface area (Å²) in [6.07, 6.45) is 3.39. The van der Waals surface area contributed by atoms with Crippen LogP contribution in [-0.2, 0) is 10.8 Å². The monoisotopic (exact) mass is 700 g/mol. The van der Waals surface area contributed by atoms with Gasteiger partial charge in [0.2, 0.25) is 0 Å². The highest BCUT2D eigenvalue weighted by Gasteiger charge is 2.59. The Morgan fingerprint density at radius 2 is 1.28 bits per heavy atom. The third-order valence-corrected chi connectivity index (χ3v) is 13.4. The average molecular weight is 701 g/mol. The Bertz CT molecular complexity index is 2550. The molecule has 0 spiro atoms. The number of nitriles is 1. The van der Waals surface area contributed by atoms with E-state index in [0.717, 1.165) is 24.1 Å². The first-order chi connectivity index (χ1) is 26.0. The van der Waals surface area contributed by atoms with Gasteiger partial charge in [-0.05, 0) is 138 Å². The number of benzene rings is 6. The van der Waals surface area contributed by atoms with Gasteiger partial charge in [0, 0.05) is 50.9 Å². The predicted molar refractivity (Wildman–Crippen MR) is 227 cm³/mol. The molecule has 2 unspecified atom stereocenters. The van der Waals surface area contributed by atoms with E-state index in [9.17, 15) is 5.26 Å². The van der Waals surface area contributed by atoms with E-state index in [-0.39, 0.29) is 23.1 Å². The van der Waals surface area contributed by atoms with Crippen molar-refractivity contribution in [3.8, 4) is 6.07 Å². The highest BCUT2D eigenvalue weighted by Crippen LogP contribution is 2.62. The molecule has 5 heteroatoms. The normalized spacial score (nSPS) is 20.5. The molecule has 0 radical (unpaired) electrons. The maximum absolute atomic E-state index is 9.92. The molecular formula is C49H45BN4. The van der Waals surface area contributed by atoms with Crippen molar-refractivity contribution < 1.29 is 0 Å². The molecule has 4 aliphatic rings. The summed E-state index contributed by atoms with van der Waals surface area (Å²) in [6.45, 7) is 14.0. The van der Waals surface area contributed by atoms with Crippen LogP contribution in [0.25, 0.3) is 0 Å². The maximum atomic E-state index is 9.92. The van der Waals surface area contributed by atoms with Gasteiger partial charge in [-0.3, -0.25) is 0 Å². The van der Waals surface area contributed by atoms with Gasteiger partial charge in [-0.2, -0.15) is 5.26 Å². The lowest BCUT2D eigenvalue weighted by Crippen LogP contribution is -2.61. The van der Waals surface area contributed by atoms with Gasteiger partial charge in [0.05, 0.1) is 17.2 Å². The Kier molecular flexibility index (Phi) is 6.94. The average Bonchev–Trinajstić information content (AvgIpc) is 3.58. The molecule has 0 aromatic heterocycles. The number of aryl methyl sites for hydroxylation is 1. The third-order valence-electron chi connectivity index (χ3n) is 13.4. The second kappa shape index (κ2) is 11.4. The van der Waals surface area contributed by atoms with Crippen LogP contribution in [0.4, 0.5) is 45.5 Å². The van der Waals surface area contributed by atoms with Crippen LogP contribution in [0.3, 0.4) is 0 Å². The minimum absolute atomic E-state index is 0.0462. The van der Waals surface area contributed by atoms with Crippen LogP contribution < -0.4 is 31.1 Å². The Hall–Kier alpha value is -5.73. The molecule has 0 bridgehead atoms. The minimum atomic E-state index is -0.110. The van der Waals surface area contributed by atoms with Crippen LogP contribution in [0.15, 0.2) is 127 Å². The van der Waals surface area contributed by atoms with Crippen molar-refractivity contribution in [3.63, 3.8) is 0 Å². The lowest BCUT2D eigenvalue weighted by molar-refractivity contribution is 0.330. The molecule has 0 amide bonds. The van der Waals surface area contributed by atoms with Crippen LogP contribution in [-0.4, -0.2) is 12.3 Å². The molecule has 2 atom stereocenters. The van der Waals surface area contributed by atoms with Crippen molar-refractivity contribution in [3.05, 3.63) is 150 Å². The molecule has 0 saturated heterocycles. The van der Waals surface area contributed by atoms with E-state index in [0.29, 0.717) is 0 Å². The highest BCUT2D eigenvalue weighted by atomic mass is 15.3. The molecule has 6 aromatic rings. The van der Waals surface area contributed by atoms with Crippen LogP contribution in [0.2, 0.25) is 0 Å². The largest absolute Gasteiger partial charge is 0.334 e. The van der Waals surface area contributed by atoms with Gasteiger partial charge in [-0.15, -0.1) is 0 Å². The molecule has 6 aromatic carbocycles. The summed E-state index contributed by atoms with van der Waals surface area (Å²) in [5.41, 5.74) is 18.2. The topological polar surface area (TPSA) is 33.5 Å². The number of para-hydroxylation sites is 2. The van der Waals surface area contributed by atoms with Crippen molar-refractivity contribution in [2.75, 3.05) is 14.7 Å². The van der Waals surface area contributed by atoms with Gasteiger partial charge < -0.3 is 14.7 Å². The Morgan fingerprint density at radius 3 is 2.00 bits per heavy atom. The predicted octanol–water partition coefficient (Wildman–Crippen LogP) is 10.6. The van der Waals surface area contributed by atoms with Gasteiger partial charge in [-0.1, -0.05) is 88.7 Å². The fourth-order valence-electron chi connectivity index (χ4n) is 10.5. The molecule has 54 heavy (non-hydrogen) atoms. The zero-order chi connectivity index (χ0) is 37.1. The number of anilines is 8. The van der Waals surface area contributed by atoms with E-state index < -0.39 is 0 Å². The van der Waals surface area contributed by atoms with E-state index >= 15 is 0 Å². The summed E-state index contributed by atoms with van der Waals surface area (Å²) >= 11 is 0. The SMILES string of the molecule is Cc1cc2c3c(c1)N(c1ccc(C(C)(C)C)cc1)c1cc(N4c5ccc(C#N)cc5C5(C)CCCC45C)ccc1B3c1ccccc1N2c1ccccc1. The van der Waals surface area contributed by atoms with Crippen LogP contribution in [0, 0.1) is 18.3 Å². The minimum Gasteiger partial charge on any atom is -0.334 e. The van der Waals surface area contributed by atoms with E-state index in [1.165, 1.54) is 79.3 Å². The quantitative estimate of drug-likeness (QED) is 0.172. The fraction of sp³-hybridized carbons (Fsp3) is 0.245. The van der Waals surface area contributed by atoms with Crippen LogP contribution in [0.5, 0.6) is 0 Å². The number of nitrogens with zero attached hydrogens (tertiary/aromatic N) is 4. The zero-order valence-electron chi connectivity index (χ0n) is 32.1. The molecule has 3 heterocycles. The van der Waals surface area contributed by atoms with E-state index in [1.807, 2.05) is 6.07 Å². The van der Waals surface area contributed by atoms with E-state index in [4.69, 9.17) is 0 Å². The smallest absolute Gasteiger partial charge is 0.252 e. The first kappa shape index (κ1) is 32.9. The Balaban J connectivity index is 1.25. The first-order valence-corrected chi connectivity index (χ1v) is 19.5. The molecular weight excluding hydrogens is 655 g/mol. The van der Waals surface area contributed by atoms with Gasteiger partial charge in [-0.25, -0.2) is 0 Å². The molecule has 1 aliphatic carbocycles. The fourth-order valence-corrected chi connectivity index (χ4v) is 10.5. The molecule has 1 fully saturated rings. The maximum Gasteiger partial charge on any atom is 0.252 e. The molecule has 1 saturated carbocycles. The van der Waals surface area contributed by atoms with Crippen molar-refractivity contribution >= 4 is 68.6 Å². The summed E-state index contributed by atoms with van der Waals surface area (Å²) in [5.74, 6) is 0. The summed E-state index contributed by atoms with van der Waals surface area (Å²) in [7, 11) is 0. The van der Waals surface area contributed by atoms with Gasteiger partial charge in [0.15, 0.2) is 0 Å². The zero-order valence-corrected chi connectivity index (χ0v) is 32.1. The van der Waals surface area contributed by atoms with Crippen molar-refractivity contribution in [2.45, 2.75) is 77.2 Å². The Morgan fingerprint density at radius 1 is 0.630 bits per heavy atom. The molecule has 0 N–H and O–H groups in total. The van der Waals surface area contributed by atoms with Crippen LogP contribution in [0.1, 0.15) is 76.1 Å². The molecule has 4 nitrogen and oxygen atoms in total. The van der Waals surface area contributed by atoms with Gasteiger partial charge in [0.25, 0.3) is 6.71 Å². The number of hydrogen-bond donors (Lipinski definition) is 0. The molecule has 3 aliphatic heterocycles. The second-order valence-electron chi connectivity index (χ2n) is 17.4. The number of rotatable bonds is 3. The number of hydrogen-bond acceptors (Lipinski definition) is 4. The third kappa shape index (κ3) is 4.43. The summed E-state index contributed by atoms with van der Waals surface area (Å²) in [6, 6.07) is 49.9. The van der Waals surface area contributed by atoms with Crippen LogP contribution >= 0.6 is 0 Å². The van der Waals surface area contributed by atoms with Gasteiger partial charge >= 0.3 is 0 Å². The van der Waals surface area contributed by atoms with Crippen molar-refractivity contribution in [1.82, 2.24) is 0 Å². The summed E-state index contributed by atoms with van der Waals surface area (Å²) < 4.78 is 0. The Labute approximate surface area is 320 Å². The summed E-state index contributed by atoms with van der Waals surface area (Å²) in [4.78, 5) is 7.63. The standard InChI is InChI=1S/C49H45BN4/c1-32-27-44-46-45(28-32)53(36-20-18-34(19-21-36)47(2,3)4)43-30-37(54-41-24-17-33(31-51)29-38(41)48(5)25-12-26-49(48,54)6)22-23-40(43)50(46)39-15-10-11-16-42(39)52(44)35-13-8-7-9-14-35/h7-11,13-24,27-30H,12,25-26H2,1-6H3. The molecule has 264 valence electrons. The molecule has 10 rings (SSSR count). The van der Waals surface area contributed by atoms with Crippen molar-refractivity contribution in [1.29, 1.82) is 5.26 Å². The highest BCUT2D eigenvalue weighted by molar-refractivity contribution is 7.00. The lowest BCUT2D eigenvalue weighted by atomic mass is 9.33. The summed E-state index contributed by atoms with van der Waals surface area (Å²) in [5, 5.41) is 9.92. The number of fused-ring (bicyclic) bond motifs is 7. The second-order valence-corrected chi connectivity index (χ2v) is 17.4. The van der Waals surface area contributed by atoms with Crippen molar-refractivity contribution in [2.24, 2.45) is 0 Å². The lowest BCUT2D eigenvalue weighted by Gasteiger charge is -2.46.